The predicted molar refractivity (Wildman–Crippen MR) is 87.3 cm³/mol. The van der Waals surface area contributed by atoms with Gasteiger partial charge < -0.3 is 5.32 Å². The highest BCUT2D eigenvalue weighted by molar-refractivity contribution is 5.94. The molecule has 0 aliphatic rings. The standard InChI is InChI=1S/C19H22FNO/c1-13(2)11-15-7-9-16(10-8-15)14(3)21-19(22)17-5-4-6-18(20)12-17/h4-10,12-14H,11H2,1-3H3,(H,21,22)/t14-/m0/s1. The molecule has 2 nitrogen and oxygen atoms in total. The zero-order valence-electron chi connectivity index (χ0n) is 13.3. The number of nitrogens with one attached hydrogen (secondary N) is 1. The Morgan fingerprint density at radius 2 is 1.77 bits per heavy atom. The van der Waals surface area contributed by atoms with Crippen LogP contribution < -0.4 is 5.32 Å². The van der Waals surface area contributed by atoms with Crippen LogP contribution in [-0.2, 0) is 6.42 Å². The molecule has 2 rings (SSSR count). The van der Waals surface area contributed by atoms with E-state index < -0.39 is 5.82 Å². The molecule has 0 saturated carbocycles. The van der Waals surface area contributed by atoms with E-state index in [1.54, 1.807) is 6.07 Å². The third kappa shape index (κ3) is 4.42. The van der Waals surface area contributed by atoms with E-state index >= 15 is 0 Å². The molecule has 1 atom stereocenters. The van der Waals surface area contributed by atoms with Crippen LogP contribution in [0.4, 0.5) is 4.39 Å². The van der Waals surface area contributed by atoms with Crippen LogP contribution >= 0.6 is 0 Å². The van der Waals surface area contributed by atoms with Gasteiger partial charge in [0.25, 0.3) is 5.91 Å². The number of carbonyl (C=O) groups excluding carboxylic acids is 1. The Kier molecular flexibility index (Phi) is 5.31. The molecule has 22 heavy (non-hydrogen) atoms. The highest BCUT2D eigenvalue weighted by Gasteiger charge is 2.12. The lowest BCUT2D eigenvalue weighted by Crippen LogP contribution is -2.26. The van der Waals surface area contributed by atoms with Crippen molar-refractivity contribution in [2.45, 2.75) is 33.2 Å². The fourth-order valence-corrected chi connectivity index (χ4v) is 2.41. The van der Waals surface area contributed by atoms with E-state index in [1.165, 1.54) is 23.8 Å². The van der Waals surface area contributed by atoms with Crippen LogP contribution in [0.1, 0.15) is 48.3 Å². The Bertz CT molecular complexity index is 634. The van der Waals surface area contributed by atoms with Gasteiger partial charge in [-0.1, -0.05) is 44.2 Å². The van der Waals surface area contributed by atoms with Gasteiger partial charge in [0.05, 0.1) is 6.04 Å². The first-order valence-electron chi connectivity index (χ1n) is 7.61. The summed E-state index contributed by atoms with van der Waals surface area (Å²) in [5.41, 5.74) is 2.67. The fourth-order valence-electron chi connectivity index (χ4n) is 2.41. The molecular weight excluding hydrogens is 277 g/mol. The van der Waals surface area contributed by atoms with Gasteiger partial charge in [-0.05, 0) is 48.6 Å². The minimum absolute atomic E-state index is 0.121. The number of rotatable bonds is 5. The van der Waals surface area contributed by atoms with Crippen LogP contribution in [0.3, 0.4) is 0 Å². The minimum atomic E-state index is -0.404. The molecule has 0 heterocycles. The molecule has 0 aliphatic heterocycles. The molecule has 1 N–H and O–H groups in total. The summed E-state index contributed by atoms with van der Waals surface area (Å²) in [5, 5.41) is 2.89. The molecule has 3 heteroatoms. The smallest absolute Gasteiger partial charge is 0.251 e. The van der Waals surface area contributed by atoms with Gasteiger partial charge in [-0.2, -0.15) is 0 Å². The molecule has 0 spiro atoms. The summed E-state index contributed by atoms with van der Waals surface area (Å²) in [5.74, 6) is -0.0486. The lowest BCUT2D eigenvalue weighted by Gasteiger charge is -2.15. The Balaban J connectivity index is 2.02. The fraction of sp³-hybridized carbons (Fsp3) is 0.316. The van der Waals surface area contributed by atoms with E-state index in [0.717, 1.165) is 12.0 Å². The van der Waals surface area contributed by atoms with E-state index in [2.05, 4.69) is 31.3 Å². The summed E-state index contributed by atoms with van der Waals surface area (Å²) in [6.07, 6.45) is 1.05. The molecule has 2 aromatic rings. The molecule has 1 amide bonds. The molecule has 2 aromatic carbocycles. The molecular formula is C19H22FNO. The van der Waals surface area contributed by atoms with Crippen molar-refractivity contribution in [3.05, 3.63) is 71.0 Å². The van der Waals surface area contributed by atoms with E-state index in [-0.39, 0.29) is 11.9 Å². The molecule has 0 bridgehead atoms. The summed E-state index contributed by atoms with van der Waals surface area (Å²) in [4.78, 5) is 12.1. The number of carbonyl (C=O) groups is 1. The first-order valence-corrected chi connectivity index (χ1v) is 7.61. The van der Waals surface area contributed by atoms with Crippen LogP contribution in [0.2, 0.25) is 0 Å². The number of hydrogen-bond donors (Lipinski definition) is 1. The normalized spacial score (nSPS) is 12.2. The van der Waals surface area contributed by atoms with Crippen molar-refractivity contribution in [1.82, 2.24) is 5.32 Å². The van der Waals surface area contributed by atoms with Crippen LogP contribution in [0.5, 0.6) is 0 Å². The Morgan fingerprint density at radius 1 is 1.09 bits per heavy atom. The molecule has 116 valence electrons. The van der Waals surface area contributed by atoms with Crippen LogP contribution in [-0.4, -0.2) is 5.91 Å². The van der Waals surface area contributed by atoms with Crippen LogP contribution in [0.25, 0.3) is 0 Å². The van der Waals surface area contributed by atoms with Crippen molar-refractivity contribution in [3.8, 4) is 0 Å². The average molecular weight is 299 g/mol. The number of benzene rings is 2. The zero-order chi connectivity index (χ0) is 16.1. The van der Waals surface area contributed by atoms with Gasteiger partial charge in [0.1, 0.15) is 5.82 Å². The SMILES string of the molecule is CC(C)Cc1ccc([C@H](C)NC(=O)c2cccc(F)c2)cc1. The van der Waals surface area contributed by atoms with Gasteiger partial charge in [0.15, 0.2) is 0 Å². The number of hydrogen-bond acceptors (Lipinski definition) is 1. The van der Waals surface area contributed by atoms with Gasteiger partial charge in [0, 0.05) is 5.56 Å². The largest absolute Gasteiger partial charge is 0.346 e. The van der Waals surface area contributed by atoms with E-state index in [9.17, 15) is 9.18 Å². The third-order valence-electron chi connectivity index (χ3n) is 3.56. The van der Waals surface area contributed by atoms with Crippen LogP contribution in [0.15, 0.2) is 48.5 Å². The van der Waals surface area contributed by atoms with Gasteiger partial charge in [-0.25, -0.2) is 4.39 Å². The topological polar surface area (TPSA) is 29.1 Å². The lowest BCUT2D eigenvalue weighted by atomic mass is 10.00. The van der Waals surface area contributed by atoms with E-state index in [0.29, 0.717) is 11.5 Å². The summed E-state index contributed by atoms with van der Waals surface area (Å²) in [7, 11) is 0. The molecule has 0 saturated heterocycles. The van der Waals surface area contributed by atoms with Crippen molar-refractivity contribution in [1.29, 1.82) is 0 Å². The predicted octanol–water partition coefficient (Wildman–Crippen LogP) is 4.52. The van der Waals surface area contributed by atoms with Crippen molar-refractivity contribution < 1.29 is 9.18 Å². The van der Waals surface area contributed by atoms with Gasteiger partial charge in [-0.3, -0.25) is 4.79 Å². The van der Waals surface area contributed by atoms with Crippen molar-refractivity contribution in [3.63, 3.8) is 0 Å². The zero-order valence-corrected chi connectivity index (χ0v) is 13.3. The summed E-state index contributed by atoms with van der Waals surface area (Å²) < 4.78 is 13.2. The number of amides is 1. The molecule has 0 aliphatic carbocycles. The monoisotopic (exact) mass is 299 g/mol. The lowest BCUT2D eigenvalue weighted by molar-refractivity contribution is 0.0939. The van der Waals surface area contributed by atoms with E-state index in [1.807, 2.05) is 19.1 Å². The van der Waals surface area contributed by atoms with E-state index in [4.69, 9.17) is 0 Å². The Hall–Kier alpha value is -2.16. The summed E-state index contributed by atoms with van der Waals surface area (Å²) in [6.45, 7) is 6.31. The second kappa shape index (κ2) is 7.21. The van der Waals surface area contributed by atoms with Gasteiger partial charge in [0.2, 0.25) is 0 Å². The number of halogens is 1. The van der Waals surface area contributed by atoms with Crippen molar-refractivity contribution >= 4 is 5.91 Å². The molecule has 0 unspecified atom stereocenters. The first kappa shape index (κ1) is 16.2. The quantitative estimate of drug-likeness (QED) is 0.864. The Morgan fingerprint density at radius 3 is 2.36 bits per heavy atom. The highest BCUT2D eigenvalue weighted by Crippen LogP contribution is 2.16. The maximum Gasteiger partial charge on any atom is 0.251 e. The van der Waals surface area contributed by atoms with Gasteiger partial charge >= 0.3 is 0 Å². The third-order valence-corrected chi connectivity index (χ3v) is 3.56. The van der Waals surface area contributed by atoms with Crippen molar-refractivity contribution in [2.75, 3.05) is 0 Å². The highest BCUT2D eigenvalue weighted by atomic mass is 19.1. The minimum Gasteiger partial charge on any atom is -0.346 e. The average Bonchev–Trinajstić information content (AvgIpc) is 2.47. The van der Waals surface area contributed by atoms with Crippen LogP contribution in [0, 0.1) is 11.7 Å². The van der Waals surface area contributed by atoms with Crippen molar-refractivity contribution in [2.24, 2.45) is 5.92 Å². The maximum absolute atomic E-state index is 13.2. The molecule has 0 radical (unpaired) electrons. The molecule has 0 fully saturated rings. The Labute approximate surface area is 131 Å². The summed E-state index contributed by atoms with van der Waals surface area (Å²) >= 11 is 0. The first-order chi connectivity index (χ1) is 10.5. The maximum atomic E-state index is 13.2. The summed E-state index contributed by atoms with van der Waals surface area (Å²) in [6, 6.07) is 13.9. The second-order valence-electron chi connectivity index (χ2n) is 6.05. The van der Waals surface area contributed by atoms with Gasteiger partial charge in [-0.15, -0.1) is 0 Å². The molecule has 0 aromatic heterocycles. The second-order valence-corrected chi connectivity index (χ2v) is 6.05.